The highest BCUT2D eigenvalue weighted by Crippen LogP contribution is 2.52. The minimum Gasteiger partial charge on any atom is -0.310 e. The number of para-hydroxylation sites is 3. The van der Waals surface area contributed by atoms with E-state index in [0.717, 1.165) is 17.1 Å². The summed E-state index contributed by atoms with van der Waals surface area (Å²) in [6.07, 6.45) is 0. The summed E-state index contributed by atoms with van der Waals surface area (Å²) in [5, 5.41) is 5.05. The molecular formula is C61H44N2. The quantitative estimate of drug-likeness (QED) is 0.156. The van der Waals surface area contributed by atoms with Crippen LogP contribution >= 0.6 is 0 Å². The molecule has 1 aliphatic carbocycles. The summed E-state index contributed by atoms with van der Waals surface area (Å²) in [4.78, 5) is 2.46. The van der Waals surface area contributed by atoms with Crippen LogP contribution in [-0.2, 0) is 5.41 Å². The number of nitrogens with zero attached hydrogens (tertiary/aromatic N) is 2. The zero-order valence-electron chi connectivity index (χ0n) is 35.3. The molecule has 10 aromatic carbocycles. The van der Waals surface area contributed by atoms with E-state index in [4.69, 9.17) is 0 Å². The lowest BCUT2D eigenvalue weighted by atomic mass is 9.82. The zero-order chi connectivity index (χ0) is 42.1. The Bertz CT molecular complexity index is 3480. The first-order valence-electron chi connectivity index (χ1n) is 21.9. The van der Waals surface area contributed by atoms with E-state index in [1.807, 2.05) is 0 Å². The van der Waals surface area contributed by atoms with E-state index in [9.17, 15) is 0 Å². The first kappa shape index (κ1) is 36.9. The van der Waals surface area contributed by atoms with E-state index < -0.39 is 0 Å². The first-order chi connectivity index (χ1) is 31.0. The molecule has 63 heavy (non-hydrogen) atoms. The molecule has 0 bridgehead atoms. The number of hydrogen-bond acceptors (Lipinski definition) is 1. The van der Waals surface area contributed by atoms with E-state index in [1.54, 1.807) is 0 Å². The summed E-state index contributed by atoms with van der Waals surface area (Å²) in [5.41, 5.74) is 19.2. The second-order valence-electron chi connectivity index (χ2n) is 17.4. The standard InChI is InChI=1S/C61H44N2/c1-61(2)56-39-49(33-35-52(56)53-36-34-50(40-57(53)61)63-59-25-12-9-22-54(59)55-23-10-13-26-60(55)63)62(48-31-29-43(30-32-48)46-28-27-42-17-6-7-18-44(42)37-46)58-24-11-8-21-51(58)47-20-14-19-45(38-47)41-15-4-3-5-16-41/h3-40H,1-2H3. The second-order valence-corrected chi connectivity index (χ2v) is 17.4. The smallest absolute Gasteiger partial charge is 0.0541 e. The van der Waals surface area contributed by atoms with Gasteiger partial charge in [0.15, 0.2) is 0 Å². The van der Waals surface area contributed by atoms with Gasteiger partial charge in [-0.05, 0) is 128 Å². The van der Waals surface area contributed by atoms with Gasteiger partial charge in [-0.2, -0.15) is 0 Å². The molecule has 0 atom stereocenters. The van der Waals surface area contributed by atoms with E-state index in [1.165, 1.54) is 93.9 Å². The first-order valence-corrected chi connectivity index (χ1v) is 21.9. The lowest BCUT2D eigenvalue weighted by Gasteiger charge is -2.30. The molecule has 0 amide bonds. The summed E-state index contributed by atoms with van der Waals surface area (Å²) >= 11 is 0. The monoisotopic (exact) mass is 804 g/mol. The van der Waals surface area contributed by atoms with Gasteiger partial charge in [-0.1, -0.05) is 178 Å². The van der Waals surface area contributed by atoms with Crippen molar-refractivity contribution in [2.75, 3.05) is 4.90 Å². The third-order valence-electron chi connectivity index (χ3n) is 13.4. The molecule has 0 radical (unpaired) electrons. The van der Waals surface area contributed by atoms with Crippen LogP contribution in [0.5, 0.6) is 0 Å². The van der Waals surface area contributed by atoms with Crippen LogP contribution in [0.1, 0.15) is 25.0 Å². The molecular weight excluding hydrogens is 761 g/mol. The van der Waals surface area contributed by atoms with Crippen molar-refractivity contribution in [1.29, 1.82) is 0 Å². The van der Waals surface area contributed by atoms with Crippen LogP contribution in [-0.4, -0.2) is 4.57 Å². The minimum atomic E-state index is -0.245. The second kappa shape index (κ2) is 14.6. The Labute approximate surface area is 368 Å². The number of fused-ring (bicyclic) bond motifs is 7. The maximum Gasteiger partial charge on any atom is 0.0541 e. The third-order valence-corrected chi connectivity index (χ3v) is 13.4. The highest BCUT2D eigenvalue weighted by atomic mass is 15.1. The van der Waals surface area contributed by atoms with Crippen LogP contribution in [0, 0.1) is 0 Å². The van der Waals surface area contributed by atoms with Gasteiger partial charge in [-0.25, -0.2) is 0 Å². The molecule has 11 aromatic rings. The van der Waals surface area contributed by atoms with Gasteiger partial charge in [0.05, 0.1) is 16.7 Å². The molecule has 0 saturated heterocycles. The van der Waals surface area contributed by atoms with Crippen molar-refractivity contribution in [2.24, 2.45) is 0 Å². The van der Waals surface area contributed by atoms with Gasteiger partial charge >= 0.3 is 0 Å². The predicted molar refractivity (Wildman–Crippen MR) is 267 cm³/mol. The Morgan fingerprint density at radius 2 is 0.905 bits per heavy atom. The molecule has 1 aliphatic rings. The average molecular weight is 805 g/mol. The maximum absolute atomic E-state index is 2.46. The number of hydrogen-bond donors (Lipinski definition) is 0. The number of aromatic nitrogens is 1. The Balaban J connectivity index is 0.994. The van der Waals surface area contributed by atoms with E-state index in [0.29, 0.717) is 0 Å². The van der Waals surface area contributed by atoms with Crippen molar-refractivity contribution < 1.29 is 0 Å². The third kappa shape index (κ3) is 6.09. The maximum atomic E-state index is 2.46. The van der Waals surface area contributed by atoms with Crippen LogP contribution in [0.2, 0.25) is 0 Å². The Kier molecular flexibility index (Phi) is 8.55. The van der Waals surface area contributed by atoms with Gasteiger partial charge in [0, 0.05) is 38.8 Å². The highest BCUT2D eigenvalue weighted by molar-refractivity contribution is 6.09. The van der Waals surface area contributed by atoms with Crippen LogP contribution in [0.15, 0.2) is 231 Å². The zero-order valence-corrected chi connectivity index (χ0v) is 35.3. The van der Waals surface area contributed by atoms with Crippen LogP contribution in [0.25, 0.3) is 82.8 Å². The van der Waals surface area contributed by atoms with Crippen LogP contribution < -0.4 is 4.90 Å². The Morgan fingerprint density at radius 1 is 0.349 bits per heavy atom. The minimum absolute atomic E-state index is 0.245. The Morgan fingerprint density at radius 3 is 1.68 bits per heavy atom. The molecule has 2 nitrogen and oxygen atoms in total. The molecule has 2 heteroatoms. The summed E-state index contributed by atoms with van der Waals surface area (Å²) in [6, 6.07) is 84.7. The van der Waals surface area contributed by atoms with Crippen molar-refractivity contribution in [2.45, 2.75) is 19.3 Å². The fourth-order valence-corrected chi connectivity index (χ4v) is 10.2. The SMILES string of the molecule is CC1(C)c2cc(N(c3ccc(-c4ccc5ccccc5c4)cc3)c3ccccc3-c3cccc(-c4ccccc4)c3)ccc2-c2ccc(-n3c4ccccc4c4ccccc43)cc21. The van der Waals surface area contributed by atoms with Gasteiger partial charge in [0.2, 0.25) is 0 Å². The van der Waals surface area contributed by atoms with Crippen molar-refractivity contribution in [1.82, 2.24) is 4.57 Å². The number of rotatable bonds is 7. The summed E-state index contributed by atoms with van der Waals surface area (Å²) in [7, 11) is 0. The van der Waals surface area contributed by atoms with Crippen LogP contribution in [0.4, 0.5) is 17.1 Å². The molecule has 298 valence electrons. The summed E-state index contributed by atoms with van der Waals surface area (Å²) in [6.45, 7) is 4.78. The average Bonchev–Trinajstić information content (AvgIpc) is 3.80. The summed E-state index contributed by atoms with van der Waals surface area (Å²) in [5.74, 6) is 0. The molecule has 0 spiro atoms. The molecule has 0 unspecified atom stereocenters. The lowest BCUT2D eigenvalue weighted by Crippen LogP contribution is -2.17. The van der Waals surface area contributed by atoms with Gasteiger partial charge in [-0.3, -0.25) is 0 Å². The van der Waals surface area contributed by atoms with Gasteiger partial charge in [0.25, 0.3) is 0 Å². The molecule has 0 saturated carbocycles. The Hall–Kier alpha value is -7.94. The van der Waals surface area contributed by atoms with Crippen molar-refractivity contribution >= 4 is 49.6 Å². The van der Waals surface area contributed by atoms with Crippen molar-refractivity contribution in [3.05, 3.63) is 242 Å². The van der Waals surface area contributed by atoms with Crippen LogP contribution in [0.3, 0.4) is 0 Å². The normalized spacial score (nSPS) is 12.7. The number of anilines is 3. The van der Waals surface area contributed by atoms with Gasteiger partial charge in [-0.15, -0.1) is 0 Å². The van der Waals surface area contributed by atoms with Crippen molar-refractivity contribution in [3.63, 3.8) is 0 Å². The lowest BCUT2D eigenvalue weighted by molar-refractivity contribution is 0.660. The molecule has 0 N–H and O–H groups in total. The molecule has 12 rings (SSSR count). The topological polar surface area (TPSA) is 8.17 Å². The number of benzene rings is 10. The molecule has 0 aliphatic heterocycles. The molecule has 1 heterocycles. The van der Waals surface area contributed by atoms with Gasteiger partial charge in [0.1, 0.15) is 0 Å². The van der Waals surface area contributed by atoms with E-state index >= 15 is 0 Å². The predicted octanol–water partition coefficient (Wildman–Crippen LogP) is 16.7. The van der Waals surface area contributed by atoms with Gasteiger partial charge < -0.3 is 9.47 Å². The van der Waals surface area contributed by atoms with E-state index in [2.05, 4.69) is 254 Å². The molecule has 1 aromatic heterocycles. The largest absolute Gasteiger partial charge is 0.310 e. The fourth-order valence-electron chi connectivity index (χ4n) is 10.2. The highest BCUT2D eigenvalue weighted by Gasteiger charge is 2.37. The van der Waals surface area contributed by atoms with E-state index in [-0.39, 0.29) is 5.41 Å². The molecule has 0 fully saturated rings. The summed E-state index contributed by atoms with van der Waals surface area (Å²) < 4.78 is 2.43. The van der Waals surface area contributed by atoms with Crippen molar-refractivity contribution in [3.8, 4) is 50.2 Å². The fraction of sp³-hybridized carbons (Fsp3) is 0.0492.